The number of fused-ring (bicyclic) bond motifs is 1. The lowest BCUT2D eigenvalue weighted by Crippen LogP contribution is -2.10. The van der Waals surface area contributed by atoms with Crippen LogP contribution >= 0.6 is 23.4 Å². The molecule has 0 radical (unpaired) electrons. The Morgan fingerprint density at radius 2 is 1.94 bits per heavy atom. The zero-order valence-electron chi connectivity index (χ0n) is 9.14. The van der Waals surface area contributed by atoms with Gasteiger partial charge in [0.15, 0.2) is 0 Å². The lowest BCUT2D eigenvalue weighted by atomic mass is 10.1. The Bertz CT molecular complexity index is 516. The molecular formula is C13H13ClO2S. The number of aromatic hydroxyl groups is 1. The smallest absolute Gasteiger partial charge is 0.136 e. The van der Waals surface area contributed by atoms with Gasteiger partial charge in [0.1, 0.15) is 5.75 Å². The summed E-state index contributed by atoms with van der Waals surface area (Å²) in [7, 11) is 0. The molecule has 2 aromatic carbocycles. The van der Waals surface area contributed by atoms with Gasteiger partial charge < -0.3 is 10.2 Å². The first-order valence-electron chi connectivity index (χ1n) is 5.30. The molecule has 0 heterocycles. The van der Waals surface area contributed by atoms with Gasteiger partial charge >= 0.3 is 0 Å². The summed E-state index contributed by atoms with van der Waals surface area (Å²) in [5.74, 6) is 0.964. The molecule has 2 nitrogen and oxygen atoms in total. The van der Waals surface area contributed by atoms with Gasteiger partial charge in [-0.05, 0) is 11.5 Å². The largest absolute Gasteiger partial charge is 0.506 e. The monoisotopic (exact) mass is 268 g/mol. The van der Waals surface area contributed by atoms with E-state index in [1.807, 2.05) is 36.4 Å². The van der Waals surface area contributed by atoms with Gasteiger partial charge in [-0.2, -0.15) is 0 Å². The molecule has 0 aliphatic carbocycles. The number of phenolic OH excluding ortho intramolecular Hbond substituents is 1. The molecule has 4 heteroatoms. The lowest BCUT2D eigenvalue weighted by Gasteiger charge is -2.09. The molecule has 2 aromatic rings. The number of alkyl halides is 1. The number of thioether (sulfide) groups is 1. The number of halogens is 1. The predicted octanol–water partition coefficient (Wildman–Crippen LogP) is 3.24. The van der Waals surface area contributed by atoms with E-state index in [1.54, 1.807) is 0 Å². The number of aliphatic hydroxyl groups is 1. The molecule has 0 bridgehead atoms. The van der Waals surface area contributed by atoms with Crippen LogP contribution in [0.4, 0.5) is 0 Å². The van der Waals surface area contributed by atoms with Gasteiger partial charge in [-0.25, -0.2) is 0 Å². The number of aliphatic hydroxyl groups excluding tert-OH is 1. The van der Waals surface area contributed by atoms with E-state index in [1.165, 1.54) is 11.8 Å². The summed E-state index contributed by atoms with van der Waals surface area (Å²) >= 11 is 6.94. The van der Waals surface area contributed by atoms with E-state index in [0.29, 0.717) is 5.75 Å². The molecule has 0 aromatic heterocycles. The number of hydrogen-bond donors (Lipinski definition) is 2. The zero-order chi connectivity index (χ0) is 12.3. The Balaban J connectivity index is 2.26. The molecule has 0 aliphatic rings. The van der Waals surface area contributed by atoms with Crippen LogP contribution in [0.15, 0.2) is 41.3 Å². The second-order valence-electron chi connectivity index (χ2n) is 3.75. The van der Waals surface area contributed by atoms with Crippen molar-refractivity contribution in [1.82, 2.24) is 0 Å². The van der Waals surface area contributed by atoms with Crippen molar-refractivity contribution in [3.05, 3.63) is 36.4 Å². The van der Waals surface area contributed by atoms with E-state index in [4.69, 9.17) is 11.6 Å². The van der Waals surface area contributed by atoms with Crippen LogP contribution in [-0.2, 0) is 0 Å². The molecule has 1 atom stereocenters. The van der Waals surface area contributed by atoms with Crippen molar-refractivity contribution in [3.63, 3.8) is 0 Å². The third-order valence-corrected chi connectivity index (χ3v) is 4.02. The van der Waals surface area contributed by atoms with Crippen LogP contribution in [-0.4, -0.2) is 27.9 Å². The van der Waals surface area contributed by atoms with E-state index < -0.39 is 6.10 Å². The molecule has 2 rings (SSSR count). The van der Waals surface area contributed by atoms with Gasteiger partial charge in [-0.3, -0.25) is 0 Å². The Labute approximate surface area is 109 Å². The summed E-state index contributed by atoms with van der Waals surface area (Å²) in [5.41, 5.74) is 0. The van der Waals surface area contributed by atoms with Crippen LogP contribution in [0.25, 0.3) is 10.8 Å². The highest BCUT2D eigenvalue weighted by molar-refractivity contribution is 7.99. The van der Waals surface area contributed by atoms with Crippen molar-refractivity contribution in [2.45, 2.75) is 11.0 Å². The van der Waals surface area contributed by atoms with Crippen LogP contribution in [0, 0.1) is 0 Å². The average molecular weight is 269 g/mol. The molecule has 0 saturated heterocycles. The van der Waals surface area contributed by atoms with Crippen LogP contribution < -0.4 is 0 Å². The zero-order valence-corrected chi connectivity index (χ0v) is 10.7. The van der Waals surface area contributed by atoms with Crippen molar-refractivity contribution in [3.8, 4) is 5.75 Å². The van der Waals surface area contributed by atoms with E-state index in [2.05, 4.69) is 0 Å². The molecule has 2 N–H and O–H groups in total. The third kappa shape index (κ3) is 2.86. The molecule has 17 heavy (non-hydrogen) atoms. The fourth-order valence-electron chi connectivity index (χ4n) is 1.58. The Morgan fingerprint density at radius 1 is 1.18 bits per heavy atom. The first-order chi connectivity index (χ1) is 8.22. The highest BCUT2D eigenvalue weighted by Gasteiger charge is 2.09. The first kappa shape index (κ1) is 12.6. The summed E-state index contributed by atoms with van der Waals surface area (Å²) in [6.07, 6.45) is -0.549. The van der Waals surface area contributed by atoms with Crippen LogP contribution in [0.1, 0.15) is 0 Å². The summed E-state index contributed by atoms with van der Waals surface area (Å²) in [6.45, 7) is 0. The maximum Gasteiger partial charge on any atom is 0.136 e. The van der Waals surface area contributed by atoms with Crippen molar-refractivity contribution in [1.29, 1.82) is 0 Å². The minimum absolute atomic E-state index is 0.210. The molecule has 0 aliphatic heterocycles. The van der Waals surface area contributed by atoms with Crippen molar-refractivity contribution >= 4 is 34.1 Å². The minimum Gasteiger partial charge on any atom is -0.506 e. The number of benzene rings is 2. The fourth-order valence-corrected chi connectivity index (χ4v) is 2.72. The molecular weight excluding hydrogens is 256 g/mol. The number of phenols is 1. The average Bonchev–Trinajstić information content (AvgIpc) is 2.38. The fraction of sp³-hybridized carbons (Fsp3) is 0.231. The number of hydrogen-bond acceptors (Lipinski definition) is 3. The van der Waals surface area contributed by atoms with Gasteiger partial charge in [-0.15, -0.1) is 23.4 Å². The molecule has 0 spiro atoms. The van der Waals surface area contributed by atoms with E-state index in [-0.39, 0.29) is 11.6 Å². The SMILES string of the molecule is Oc1c(SCC(O)CCl)ccc2ccccc12. The first-order valence-corrected chi connectivity index (χ1v) is 6.82. The predicted molar refractivity (Wildman–Crippen MR) is 73.1 cm³/mol. The highest BCUT2D eigenvalue weighted by Crippen LogP contribution is 2.35. The van der Waals surface area contributed by atoms with Gasteiger partial charge in [-0.1, -0.05) is 30.3 Å². The van der Waals surface area contributed by atoms with Gasteiger partial charge in [0.25, 0.3) is 0 Å². The van der Waals surface area contributed by atoms with Crippen molar-refractivity contribution < 1.29 is 10.2 Å². The Kier molecular flexibility index (Phi) is 4.15. The topological polar surface area (TPSA) is 40.5 Å². The summed E-state index contributed by atoms with van der Waals surface area (Å²) in [5, 5.41) is 21.3. The quantitative estimate of drug-likeness (QED) is 0.661. The molecule has 90 valence electrons. The lowest BCUT2D eigenvalue weighted by molar-refractivity contribution is 0.223. The van der Waals surface area contributed by atoms with E-state index in [0.717, 1.165) is 15.7 Å². The van der Waals surface area contributed by atoms with E-state index >= 15 is 0 Å². The Hall–Kier alpha value is -0.900. The van der Waals surface area contributed by atoms with Crippen LogP contribution in [0.2, 0.25) is 0 Å². The third-order valence-electron chi connectivity index (χ3n) is 2.47. The van der Waals surface area contributed by atoms with Gasteiger partial charge in [0, 0.05) is 21.9 Å². The van der Waals surface area contributed by atoms with Crippen molar-refractivity contribution in [2.24, 2.45) is 0 Å². The molecule has 1 unspecified atom stereocenters. The second kappa shape index (κ2) is 5.63. The normalized spacial score (nSPS) is 12.8. The standard InChI is InChI=1S/C13H13ClO2S/c14-7-10(15)8-17-12-6-5-9-3-1-2-4-11(9)13(12)16/h1-6,10,15-16H,7-8H2. The maximum absolute atomic E-state index is 10.1. The van der Waals surface area contributed by atoms with E-state index in [9.17, 15) is 10.2 Å². The Morgan fingerprint density at radius 3 is 2.71 bits per heavy atom. The molecule has 0 fully saturated rings. The molecule has 0 saturated carbocycles. The minimum atomic E-state index is -0.549. The van der Waals surface area contributed by atoms with Gasteiger partial charge in [0.2, 0.25) is 0 Å². The van der Waals surface area contributed by atoms with Crippen molar-refractivity contribution in [2.75, 3.05) is 11.6 Å². The maximum atomic E-state index is 10.1. The molecule has 0 amide bonds. The van der Waals surface area contributed by atoms with Crippen LogP contribution in [0.5, 0.6) is 5.75 Å². The summed E-state index contributed by atoms with van der Waals surface area (Å²) < 4.78 is 0. The summed E-state index contributed by atoms with van der Waals surface area (Å²) in [6, 6.07) is 11.5. The highest BCUT2D eigenvalue weighted by atomic mass is 35.5. The van der Waals surface area contributed by atoms with Gasteiger partial charge in [0.05, 0.1) is 6.10 Å². The number of rotatable bonds is 4. The summed E-state index contributed by atoms with van der Waals surface area (Å²) in [4.78, 5) is 0.771. The second-order valence-corrected chi connectivity index (χ2v) is 5.12. The van der Waals surface area contributed by atoms with Crippen LogP contribution in [0.3, 0.4) is 0 Å².